The van der Waals surface area contributed by atoms with E-state index in [1.165, 1.54) is 13.1 Å². The average molecular weight is 599 g/mol. The maximum atomic E-state index is 14.5. The minimum absolute atomic E-state index is 0.0124. The normalized spacial score (nSPS) is 20.1. The molecule has 7 nitrogen and oxygen atoms in total. The lowest BCUT2D eigenvalue weighted by Crippen LogP contribution is -2.35. The Kier molecular flexibility index (Phi) is 8.02. The summed E-state index contributed by atoms with van der Waals surface area (Å²) in [6.45, 7) is 12.1. The predicted molar refractivity (Wildman–Crippen MR) is 156 cm³/mol. The monoisotopic (exact) mass is 598 g/mol. The Labute approximate surface area is 247 Å². The topological polar surface area (TPSA) is 77.3 Å². The number of nitrogens with one attached hydrogen (secondary N) is 2. The number of anilines is 1. The summed E-state index contributed by atoms with van der Waals surface area (Å²) in [5.74, 6) is -0.485. The lowest BCUT2D eigenvalue weighted by atomic mass is 10.0. The van der Waals surface area contributed by atoms with E-state index < -0.39 is 23.7 Å². The van der Waals surface area contributed by atoms with Gasteiger partial charge in [-0.3, -0.25) is 14.6 Å². The molecule has 2 aromatic rings. The molecule has 1 saturated heterocycles. The van der Waals surface area contributed by atoms with E-state index in [4.69, 9.17) is 16.6 Å². The minimum atomic E-state index is -2.88. The quantitative estimate of drug-likeness (QED) is 0.270. The van der Waals surface area contributed by atoms with Gasteiger partial charge in [-0.15, -0.1) is 0 Å². The third kappa shape index (κ3) is 5.47. The second-order valence-electron chi connectivity index (χ2n) is 11.1. The molecule has 2 fully saturated rings. The molecule has 220 valence electrons. The number of aromatic nitrogens is 1. The van der Waals surface area contributed by atoms with Gasteiger partial charge in [0.1, 0.15) is 11.5 Å². The van der Waals surface area contributed by atoms with Gasteiger partial charge in [0.2, 0.25) is 5.91 Å². The molecular formula is C31H32ClF3N5O2+. The number of hydrogen-bond donors (Lipinski definition) is 2. The maximum absolute atomic E-state index is 14.5. The summed E-state index contributed by atoms with van der Waals surface area (Å²) >= 11 is 5.79. The van der Waals surface area contributed by atoms with Crippen LogP contribution < -0.4 is 15.5 Å². The smallest absolute Gasteiger partial charge is 0.264 e. The second-order valence-corrected chi connectivity index (χ2v) is 11.5. The molecule has 3 atom stereocenters. The van der Waals surface area contributed by atoms with Crippen molar-refractivity contribution < 1.29 is 27.3 Å². The van der Waals surface area contributed by atoms with Crippen LogP contribution in [-0.4, -0.2) is 40.7 Å². The number of fused-ring (bicyclic) bond motifs is 1. The Balaban J connectivity index is 1.15. The minimum Gasteiger partial charge on any atom is -0.386 e. The fraction of sp³-hybridized carbons (Fsp3) is 0.355. The predicted octanol–water partition coefficient (Wildman–Crippen LogP) is 5.73. The first-order chi connectivity index (χ1) is 19.9. The summed E-state index contributed by atoms with van der Waals surface area (Å²) in [4.78, 5) is 31.7. The third-order valence-corrected chi connectivity index (χ3v) is 8.55. The van der Waals surface area contributed by atoms with E-state index in [1.54, 1.807) is 18.6 Å². The number of rotatable bonds is 10. The molecule has 3 heterocycles. The van der Waals surface area contributed by atoms with Crippen molar-refractivity contribution in [1.29, 1.82) is 0 Å². The van der Waals surface area contributed by atoms with Gasteiger partial charge in [0.15, 0.2) is 24.2 Å². The summed E-state index contributed by atoms with van der Waals surface area (Å²) in [6.07, 6.45) is 4.85. The fourth-order valence-corrected chi connectivity index (χ4v) is 5.64. The first-order valence-corrected chi connectivity index (χ1v) is 14.0. The van der Waals surface area contributed by atoms with E-state index in [2.05, 4.69) is 17.2 Å². The van der Waals surface area contributed by atoms with Crippen LogP contribution in [0.4, 0.5) is 18.9 Å². The number of carbonyl (C=O) groups is 2. The van der Waals surface area contributed by atoms with Crippen molar-refractivity contribution in [2.75, 3.05) is 18.0 Å². The summed E-state index contributed by atoms with van der Waals surface area (Å²) in [5.41, 5.74) is 4.06. The van der Waals surface area contributed by atoms with Gasteiger partial charge in [0.25, 0.3) is 12.3 Å². The highest BCUT2D eigenvalue weighted by molar-refractivity contribution is 6.31. The number of allylic oxidation sites excluding steroid dienone is 2. The van der Waals surface area contributed by atoms with E-state index in [9.17, 15) is 22.8 Å². The van der Waals surface area contributed by atoms with E-state index in [1.807, 2.05) is 30.2 Å². The molecule has 0 radical (unpaired) electrons. The van der Waals surface area contributed by atoms with Crippen molar-refractivity contribution in [3.8, 4) is 0 Å². The van der Waals surface area contributed by atoms with Crippen molar-refractivity contribution in [2.24, 2.45) is 11.8 Å². The number of benzene rings is 1. The van der Waals surface area contributed by atoms with Crippen LogP contribution in [0.1, 0.15) is 60.7 Å². The molecule has 3 aliphatic rings. The molecule has 42 heavy (non-hydrogen) atoms. The average Bonchev–Trinajstić information content (AvgIpc) is 3.63. The van der Waals surface area contributed by atoms with E-state index in [0.717, 1.165) is 47.6 Å². The van der Waals surface area contributed by atoms with Crippen LogP contribution in [0.2, 0.25) is 5.02 Å². The number of alkyl halides is 2. The molecule has 5 rings (SSSR count). The Morgan fingerprint density at radius 3 is 2.67 bits per heavy atom. The first-order valence-electron chi connectivity index (χ1n) is 13.7. The number of halogens is 4. The number of amides is 2. The van der Waals surface area contributed by atoms with E-state index in [0.29, 0.717) is 11.6 Å². The molecule has 1 aromatic carbocycles. The molecule has 2 N–H and O–H groups in total. The van der Waals surface area contributed by atoms with E-state index >= 15 is 0 Å². The standard InChI is InChI=1S/C31H31ClF3N5O2/c1-15(26-22(29(34)35)6-7-24(32)27(26)33)9-36-10-16(2)30(41)38-21-13-39(14-21)19(5)28-18(4)17(3)25(11-37-28)40-12-20-8-23(20)31(40)42/h6-7,9,11,13-14,19-20,23,29,36H,2,8,10,12H2,1,3-5H3/p+1/b15-9+. The van der Waals surface area contributed by atoms with Crippen LogP contribution in [0.15, 0.2) is 48.6 Å². The SMILES string of the molecule is C=C(CN/C=C(\C)c1c(C(F)F)ccc(Cl)c1F)C(=O)NC1=C[N+](C(C)c2ncc(N3CC4CC4C3=O)c(C)c2C)=C1. The van der Waals surface area contributed by atoms with Gasteiger partial charge in [-0.25, -0.2) is 13.2 Å². The van der Waals surface area contributed by atoms with Gasteiger partial charge in [0, 0.05) is 48.8 Å². The molecule has 2 amide bonds. The lowest BCUT2D eigenvalue weighted by molar-refractivity contribution is -0.509. The second kappa shape index (κ2) is 11.4. The third-order valence-electron chi connectivity index (χ3n) is 8.26. The number of pyridine rings is 1. The van der Waals surface area contributed by atoms with Gasteiger partial charge in [-0.1, -0.05) is 24.2 Å². The summed E-state index contributed by atoms with van der Waals surface area (Å²) in [5, 5.41) is 5.34. The van der Waals surface area contributed by atoms with Crippen molar-refractivity contribution in [3.63, 3.8) is 0 Å². The number of piperidine rings is 1. The maximum Gasteiger partial charge on any atom is 0.264 e. The van der Waals surface area contributed by atoms with Crippen molar-refractivity contribution in [3.05, 3.63) is 87.4 Å². The molecule has 2 aliphatic heterocycles. The Morgan fingerprint density at radius 2 is 2.02 bits per heavy atom. The van der Waals surface area contributed by atoms with E-state index in [-0.39, 0.29) is 46.1 Å². The van der Waals surface area contributed by atoms with Gasteiger partial charge in [-0.05, 0) is 55.9 Å². The fourth-order valence-electron chi connectivity index (χ4n) is 5.48. The zero-order chi connectivity index (χ0) is 30.5. The summed E-state index contributed by atoms with van der Waals surface area (Å²) < 4.78 is 43.2. The van der Waals surface area contributed by atoms with Crippen LogP contribution in [0.25, 0.3) is 5.57 Å². The van der Waals surface area contributed by atoms with Crippen LogP contribution in [0.3, 0.4) is 0 Å². The summed E-state index contributed by atoms with van der Waals surface area (Å²) in [7, 11) is 0. The highest BCUT2D eigenvalue weighted by Gasteiger charge is 2.52. The molecule has 3 unspecified atom stereocenters. The van der Waals surface area contributed by atoms with Crippen LogP contribution >= 0.6 is 11.6 Å². The van der Waals surface area contributed by atoms with Gasteiger partial charge >= 0.3 is 0 Å². The Bertz CT molecular complexity index is 1600. The largest absolute Gasteiger partial charge is 0.386 e. The number of carbonyl (C=O) groups excluding carboxylic acids is 2. The molecule has 1 aliphatic carbocycles. The zero-order valence-electron chi connectivity index (χ0n) is 23.8. The lowest BCUT2D eigenvalue weighted by Gasteiger charge is -2.23. The van der Waals surface area contributed by atoms with Crippen molar-refractivity contribution in [1.82, 2.24) is 15.6 Å². The zero-order valence-corrected chi connectivity index (χ0v) is 24.5. The highest BCUT2D eigenvalue weighted by Crippen LogP contribution is 2.48. The van der Waals surface area contributed by atoms with Crippen molar-refractivity contribution in [2.45, 2.75) is 46.6 Å². The first kappa shape index (κ1) is 29.6. The van der Waals surface area contributed by atoms with Crippen LogP contribution in [0.5, 0.6) is 0 Å². The summed E-state index contributed by atoms with van der Waals surface area (Å²) in [6, 6.07) is 2.09. The van der Waals surface area contributed by atoms with Crippen LogP contribution in [-0.2, 0) is 9.59 Å². The number of nitrogens with zero attached hydrogens (tertiary/aromatic N) is 3. The molecule has 1 aromatic heterocycles. The Hall–Kier alpha value is -3.92. The molecule has 0 bridgehead atoms. The molecule has 1 saturated carbocycles. The highest BCUT2D eigenvalue weighted by atomic mass is 35.5. The molecule has 0 spiro atoms. The molecule has 11 heteroatoms. The van der Waals surface area contributed by atoms with Crippen molar-refractivity contribution >= 4 is 40.9 Å². The number of hydrogen-bond acceptors (Lipinski definition) is 4. The van der Waals surface area contributed by atoms with Gasteiger partial charge < -0.3 is 15.5 Å². The molecular weight excluding hydrogens is 567 g/mol. The van der Waals surface area contributed by atoms with Gasteiger partial charge in [-0.2, -0.15) is 4.58 Å². The Morgan fingerprint density at radius 1 is 1.31 bits per heavy atom. The van der Waals surface area contributed by atoms with Crippen LogP contribution in [0, 0.1) is 31.5 Å². The van der Waals surface area contributed by atoms with Gasteiger partial charge in [0.05, 0.1) is 16.9 Å².